The average molecular weight is 560 g/mol. The molecule has 176 valence electrons. The average Bonchev–Trinajstić information content (AvgIpc) is 2.79. The third-order valence-electron chi connectivity index (χ3n) is 5.42. The lowest BCUT2D eigenvalue weighted by Crippen LogP contribution is -2.52. The summed E-state index contributed by atoms with van der Waals surface area (Å²) in [6.07, 6.45) is 0.391. The molecule has 2 aromatic rings. The molecule has 0 saturated carbocycles. The third kappa shape index (κ3) is 6.93. The number of benzene rings is 2. The zero-order chi connectivity index (χ0) is 22.2. The molecule has 32 heavy (non-hydrogen) atoms. The van der Waals surface area contributed by atoms with Gasteiger partial charge in [0.05, 0.1) is 14.2 Å². The van der Waals surface area contributed by atoms with Gasteiger partial charge in [0.2, 0.25) is 0 Å². The minimum absolute atomic E-state index is 0. The number of hydrogen-bond donors (Lipinski definition) is 1. The lowest BCUT2D eigenvalue weighted by atomic mass is 10.1. The van der Waals surface area contributed by atoms with Gasteiger partial charge < -0.3 is 19.7 Å². The van der Waals surface area contributed by atoms with Crippen molar-refractivity contribution in [2.24, 2.45) is 4.99 Å². The van der Waals surface area contributed by atoms with E-state index in [1.165, 1.54) is 11.6 Å². The molecule has 1 N–H and O–H groups in total. The number of aliphatic imine (C=N–C) groups is 1. The summed E-state index contributed by atoms with van der Waals surface area (Å²) in [5.74, 6) is 1.43. The molecule has 0 aromatic heterocycles. The molecular weight excluding hydrogens is 529 g/mol. The number of methoxy groups -OCH3 is 2. The molecule has 1 aliphatic heterocycles. The van der Waals surface area contributed by atoms with Crippen molar-refractivity contribution in [2.45, 2.75) is 13.0 Å². The standard InChI is InChI=1S/C23H30F2N4O2.HI/c1-26-23(27-9-8-18-15-19(24)5-6-20(18)25)29-12-10-28(11-13-29)16-17-4-7-21(30-2)22(14-17)31-3;/h4-7,14-15H,8-13,16H2,1-3H3,(H,26,27);1H. The van der Waals surface area contributed by atoms with Crippen LogP contribution in [0.15, 0.2) is 41.4 Å². The summed E-state index contributed by atoms with van der Waals surface area (Å²) in [4.78, 5) is 8.92. The van der Waals surface area contributed by atoms with Crippen LogP contribution in [0.2, 0.25) is 0 Å². The molecule has 0 amide bonds. The fourth-order valence-corrected chi connectivity index (χ4v) is 3.73. The second kappa shape index (κ2) is 12.8. The second-order valence-corrected chi connectivity index (χ2v) is 7.41. The Morgan fingerprint density at radius 2 is 1.72 bits per heavy atom. The number of guanidine groups is 1. The highest BCUT2D eigenvalue weighted by Gasteiger charge is 2.20. The number of halogens is 3. The van der Waals surface area contributed by atoms with Crippen LogP contribution in [0, 0.1) is 11.6 Å². The Labute approximate surface area is 205 Å². The molecule has 9 heteroatoms. The minimum atomic E-state index is -0.425. The number of hydrogen-bond acceptors (Lipinski definition) is 4. The topological polar surface area (TPSA) is 49.3 Å². The zero-order valence-electron chi connectivity index (χ0n) is 18.7. The molecule has 0 bridgehead atoms. The Balaban J connectivity index is 0.00000363. The van der Waals surface area contributed by atoms with Gasteiger partial charge in [-0.2, -0.15) is 0 Å². The Morgan fingerprint density at radius 3 is 2.38 bits per heavy atom. The van der Waals surface area contributed by atoms with Gasteiger partial charge in [-0.3, -0.25) is 9.89 Å². The lowest BCUT2D eigenvalue weighted by molar-refractivity contribution is 0.172. The van der Waals surface area contributed by atoms with Gasteiger partial charge in [0, 0.05) is 46.3 Å². The van der Waals surface area contributed by atoms with Gasteiger partial charge in [-0.25, -0.2) is 8.78 Å². The first-order chi connectivity index (χ1) is 15.0. The Bertz CT molecular complexity index is 906. The molecule has 0 radical (unpaired) electrons. The minimum Gasteiger partial charge on any atom is -0.493 e. The van der Waals surface area contributed by atoms with Crippen molar-refractivity contribution in [3.63, 3.8) is 0 Å². The molecule has 1 saturated heterocycles. The van der Waals surface area contributed by atoms with Crippen LogP contribution >= 0.6 is 24.0 Å². The Morgan fingerprint density at radius 1 is 1.00 bits per heavy atom. The van der Waals surface area contributed by atoms with Gasteiger partial charge in [-0.05, 0) is 47.9 Å². The molecule has 1 fully saturated rings. The zero-order valence-corrected chi connectivity index (χ0v) is 21.1. The smallest absolute Gasteiger partial charge is 0.193 e. The first-order valence-electron chi connectivity index (χ1n) is 10.4. The van der Waals surface area contributed by atoms with Crippen LogP contribution in [0.5, 0.6) is 11.5 Å². The molecule has 0 spiro atoms. The highest BCUT2D eigenvalue weighted by molar-refractivity contribution is 14.0. The van der Waals surface area contributed by atoms with E-state index >= 15 is 0 Å². The Kier molecular flexibility index (Phi) is 10.4. The van der Waals surface area contributed by atoms with Gasteiger partial charge in [-0.1, -0.05) is 6.07 Å². The van der Waals surface area contributed by atoms with Crippen molar-refractivity contribution >= 4 is 29.9 Å². The maximum atomic E-state index is 13.8. The van der Waals surface area contributed by atoms with E-state index in [1.807, 2.05) is 12.1 Å². The molecule has 6 nitrogen and oxygen atoms in total. The van der Waals surface area contributed by atoms with E-state index < -0.39 is 5.82 Å². The van der Waals surface area contributed by atoms with Crippen LogP contribution in [-0.2, 0) is 13.0 Å². The molecule has 0 aliphatic carbocycles. The molecule has 1 heterocycles. The van der Waals surface area contributed by atoms with Gasteiger partial charge in [-0.15, -0.1) is 24.0 Å². The van der Waals surface area contributed by atoms with Gasteiger partial charge in [0.25, 0.3) is 0 Å². The number of rotatable bonds is 7. The first kappa shape index (κ1) is 26.1. The summed E-state index contributed by atoms with van der Waals surface area (Å²) in [5, 5.41) is 3.26. The van der Waals surface area contributed by atoms with Crippen molar-refractivity contribution < 1.29 is 18.3 Å². The van der Waals surface area contributed by atoms with Gasteiger partial charge in [0.15, 0.2) is 17.5 Å². The van der Waals surface area contributed by atoms with E-state index in [0.29, 0.717) is 18.5 Å². The van der Waals surface area contributed by atoms with Crippen LogP contribution in [0.1, 0.15) is 11.1 Å². The van der Waals surface area contributed by atoms with Crippen molar-refractivity contribution in [3.05, 3.63) is 59.2 Å². The summed E-state index contributed by atoms with van der Waals surface area (Å²) in [5.41, 5.74) is 1.54. The van der Waals surface area contributed by atoms with Crippen LogP contribution in [0.25, 0.3) is 0 Å². The van der Waals surface area contributed by atoms with Crippen molar-refractivity contribution in [2.75, 3.05) is 54.0 Å². The van der Waals surface area contributed by atoms with Crippen molar-refractivity contribution in [1.82, 2.24) is 15.1 Å². The van der Waals surface area contributed by atoms with Crippen LogP contribution in [-0.4, -0.2) is 69.8 Å². The van der Waals surface area contributed by atoms with E-state index in [1.54, 1.807) is 21.3 Å². The lowest BCUT2D eigenvalue weighted by Gasteiger charge is -2.36. The molecule has 0 atom stereocenters. The van der Waals surface area contributed by atoms with Crippen LogP contribution in [0.4, 0.5) is 8.78 Å². The summed E-state index contributed by atoms with van der Waals surface area (Å²) in [6.45, 7) is 4.78. The van der Waals surface area contributed by atoms with E-state index in [-0.39, 0.29) is 29.8 Å². The largest absolute Gasteiger partial charge is 0.493 e. The van der Waals surface area contributed by atoms with E-state index in [4.69, 9.17) is 9.47 Å². The van der Waals surface area contributed by atoms with Gasteiger partial charge >= 0.3 is 0 Å². The fraction of sp³-hybridized carbons (Fsp3) is 0.435. The Hall–Kier alpha value is -2.14. The molecule has 1 aliphatic rings. The highest BCUT2D eigenvalue weighted by atomic mass is 127. The first-order valence-corrected chi connectivity index (χ1v) is 10.4. The van der Waals surface area contributed by atoms with E-state index in [2.05, 4.69) is 26.2 Å². The molecular formula is C23H31F2IN4O2. The molecule has 3 rings (SSSR count). The van der Waals surface area contributed by atoms with Crippen molar-refractivity contribution in [3.8, 4) is 11.5 Å². The summed E-state index contributed by atoms with van der Waals surface area (Å²) < 4.78 is 37.8. The predicted octanol–water partition coefficient (Wildman–Crippen LogP) is 3.54. The third-order valence-corrected chi connectivity index (χ3v) is 5.42. The summed E-state index contributed by atoms with van der Waals surface area (Å²) >= 11 is 0. The fourth-order valence-electron chi connectivity index (χ4n) is 3.73. The van der Waals surface area contributed by atoms with Crippen LogP contribution in [0.3, 0.4) is 0 Å². The normalized spacial score (nSPS) is 14.7. The number of piperazine rings is 1. The maximum absolute atomic E-state index is 13.8. The molecule has 0 unspecified atom stereocenters. The van der Waals surface area contributed by atoms with E-state index in [9.17, 15) is 8.78 Å². The van der Waals surface area contributed by atoms with E-state index in [0.717, 1.165) is 62.3 Å². The second-order valence-electron chi connectivity index (χ2n) is 7.41. The van der Waals surface area contributed by atoms with Crippen molar-refractivity contribution in [1.29, 1.82) is 0 Å². The summed E-state index contributed by atoms with van der Waals surface area (Å²) in [6, 6.07) is 9.53. The maximum Gasteiger partial charge on any atom is 0.193 e. The predicted molar refractivity (Wildman–Crippen MR) is 133 cm³/mol. The SMILES string of the molecule is CN=C(NCCc1cc(F)ccc1F)N1CCN(Cc2ccc(OC)c(OC)c2)CC1.I. The number of nitrogens with zero attached hydrogens (tertiary/aromatic N) is 3. The highest BCUT2D eigenvalue weighted by Crippen LogP contribution is 2.28. The summed E-state index contributed by atoms with van der Waals surface area (Å²) in [7, 11) is 5.01. The van der Waals surface area contributed by atoms with Gasteiger partial charge in [0.1, 0.15) is 11.6 Å². The monoisotopic (exact) mass is 560 g/mol. The van der Waals surface area contributed by atoms with Crippen LogP contribution < -0.4 is 14.8 Å². The number of nitrogens with one attached hydrogen (secondary N) is 1. The molecule has 2 aromatic carbocycles. The number of ether oxygens (including phenoxy) is 2. The quantitative estimate of drug-likeness (QED) is 0.319.